The molecule has 0 bridgehead atoms. The maximum absolute atomic E-state index is 5.28. The molecule has 1 aliphatic rings. The summed E-state index contributed by atoms with van der Waals surface area (Å²) in [5.74, 6) is 1.75. The Balaban J connectivity index is 2.12. The van der Waals surface area contributed by atoms with Gasteiger partial charge in [-0.15, -0.1) is 0 Å². The highest BCUT2D eigenvalue weighted by Crippen LogP contribution is 2.21. The minimum absolute atomic E-state index is 0.620. The molecule has 2 heterocycles. The Bertz CT molecular complexity index is 187. The van der Waals surface area contributed by atoms with Gasteiger partial charge in [-0.1, -0.05) is 0 Å². The van der Waals surface area contributed by atoms with E-state index in [2.05, 4.69) is 11.4 Å². The van der Waals surface area contributed by atoms with Gasteiger partial charge in [0.2, 0.25) is 0 Å². The van der Waals surface area contributed by atoms with Gasteiger partial charge < -0.3 is 9.73 Å². The Morgan fingerprint density at radius 1 is 1.60 bits per heavy atom. The van der Waals surface area contributed by atoms with Crippen molar-refractivity contribution in [1.29, 1.82) is 0 Å². The molecule has 10 heavy (non-hydrogen) atoms. The molecule has 0 amide bonds. The van der Waals surface area contributed by atoms with E-state index < -0.39 is 0 Å². The van der Waals surface area contributed by atoms with Crippen molar-refractivity contribution < 1.29 is 4.42 Å². The Labute approximate surface area is 60.2 Å². The molecule has 1 aromatic heterocycles. The molecule has 2 heteroatoms. The molecule has 1 fully saturated rings. The molecule has 2 rings (SSSR count). The summed E-state index contributed by atoms with van der Waals surface area (Å²) in [6.45, 7) is 2.21. The summed E-state index contributed by atoms with van der Waals surface area (Å²) in [7, 11) is 0. The first kappa shape index (κ1) is 5.98. The largest absolute Gasteiger partial charge is 0.469 e. The molecule has 1 aromatic rings. The van der Waals surface area contributed by atoms with Crippen LogP contribution in [-0.2, 0) is 0 Å². The molecule has 1 N–H and O–H groups in total. The third-order valence-corrected chi connectivity index (χ3v) is 2.01. The van der Waals surface area contributed by atoms with Crippen LogP contribution in [0.15, 0.2) is 22.8 Å². The lowest BCUT2D eigenvalue weighted by atomic mass is 10.1. The van der Waals surface area contributed by atoms with Crippen molar-refractivity contribution in [2.75, 3.05) is 13.1 Å². The van der Waals surface area contributed by atoms with Crippen LogP contribution in [0.4, 0.5) is 0 Å². The van der Waals surface area contributed by atoms with E-state index in [0.717, 1.165) is 18.8 Å². The van der Waals surface area contributed by atoms with E-state index >= 15 is 0 Å². The summed E-state index contributed by atoms with van der Waals surface area (Å²) in [6.07, 6.45) is 2.96. The lowest BCUT2D eigenvalue weighted by molar-refractivity contribution is 0.474. The molecular formula is C8H11NO. The molecule has 0 spiro atoms. The van der Waals surface area contributed by atoms with Gasteiger partial charge in [-0.25, -0.2) is 0 Å². The van der Waals surface area contributed by atoms with Crippen LogP contribution in [0.1, 0.15) is 18.1 Å². The standard InChI is InChI=1S/C8H11NO/c1-2-8(10-5-1)7-3-4-9-6-7/h1-2,5,7,9H,3-4,6H2/t7-/m1/s1. The zero-order valence-electron chi connectivity index (χ0n) is 5.84. The van der Waals surface area contributed by atoms with Crippen LogP contribution in [0.5, 0.6) is 0 Å². The summed E-state index contributed by atoms with van der Waals surface area (Å²) in [4.78, 5) is 0. The summed E-state index contributed by atoms with van der Waals surface area (Å²) in [5.41, 5.74) is 0. The van der Waals surface area contributed by atoms with Crippen LogP contribution < -0.4 is 5.32 Å². The van der Waals surface area contributed by atoms with Crippen LogP contribution in [0.25, 0.3) is 0 Å². The third-order valence-electron chi connectivity index (χ3n) is 2.01. The van der Waals surface area contributed by atoms with Gasteiger partial charge in [0, 0.05) is 12.5 Å². The second kappa shape index (κ2) is 2.46. The molecule has 1 saturated heterocycles. The second-order valence-corrected chi connectivity index (χ2v) is 2.71. The van der Waals surface area contributed by atoms with E-state index in [9.17, 15) is 0 Å². The van der Waals surface area contributed by atoms with Gasteiger partial charge in [-0.2, -0.15) is 0 Å². The molecule has 0 unspecified atom stereocenters. The number of hydrogen-bond acceptors (Lipinski definition) is 2. The molecule has 1 atom stereocenters. The third kappa shape index (κ3) is 0.948. The maximum atomic E-state index is 5.28. The monoisotopic (exact) mass is 137 g/mol. The van der Waals surface area contributed by atoms with Gasteiger partial charge in [-0.3, -0.25) is 0 Å². The van der Waals surface area contributed by atoms with Gasteiger partial charge in [-0.05, 0) is 25.1 Å². The SMILES string of the molecule is c1coc([C@@H]2CCNC2)c1. The fourth-order valence-electron chi connectivity index (χ4n) is 1.42. The van der Waals surface area contributed by atoms with Crippen molar-refractivity contribution in [3.8, 4) is 0 Å². The Morgan fingerprint density at radius 2 is 2.60 bits per heavy atom. The fourth-order valence-corrected chi connectivity index (χ4v) is 1.42. The molecule has 54 valence electrons. The first-order chi connectivity index (χ1) is 4.97. The van der Waals surface area contributed by atoms with Crippen molar-refractivity contribution >= 4 is 0 Å². The van der Waals surface area contributed by atoms with Crippen molar-refractivity contribution in [2.45, 2.75) is 12.3 Å². The highest BCUT2D eigenvalue weighted by Gasteiger charge is 2.18. The van der Waals surface area contributed by atoms with E-state index in [-0.39, 0.29) is 0 Å². The van der Waals surface area contributed by atoms with Crippen molar-refractivity contribution in [2.24, 2.45) is 0 Å². The number of rotatable bonds is 1. The molecule has 0 saturated carbocycles. The molecular weight excluding hydrogens is 126 g/mol. The minimum atomic E-state index is 0.620. The van der Waals surface area contributed by atoms with E-state index in [1.54, 1.807) is 6.26 Å². The molecule has 0 aromatic carbocycles. The average Bonchev–Trinajstić information content (AvgIpc) is 2.59. The smallest absolute Gasteiger partial charge is 0.108 e. The minimum Gasteiger partial charge on any atom is -0.469 e. The van der Waals surface area contributed by atoms with Crippen molar-refractivity contribution in [3.05, 3.63) is 24.2 Å². The quantitative estimate of drug-likeness (QED) is 0.632. The van der Waals surface area contributed by atoms with Gasteiger partial charge >= 0.3 is 0 Å². The second-order valence-electron chi connectivity index (χ2n) is 2.71. The average molecular weight is 137 g/mol. The van der Waals surface area contributed by atoms with Crippen LogP contribution >= 0.6 is 0 Å². The molecule has 1 aliphatic heterocycles. The van der Waals surface area contributed by atoms with E-state index in [1.165, 1.54) is 6.42 Å². The number of nitrogens with one attached hydrogen (secondary N) is 1. The van der Waals surface area contributed by atoms with Gasteiger partial charge in [0.25, 0.3) is 0 Å². The molecule has 0 radical (unpaired) electrons. The van der Waals surface area contributed by atoms with Crippen LogP contribution in [-0.4, -0.2) is 13.1 Å². The zero-order chi connectivity index (χ0) is 6.81. The first-order valence-corrected chi connectivity index (χ1v) is 3.71. The summed E-state index contributed by atoms with van der Waals surface area (Å²) >= 11 is 0. The van der Waals surface area contributed by atoms with Gasteiger partial charge in [0.05, 0.1) is 6.26 Å². The number of furan rings is 1. The zero-order valence-corrected chi connectivity index (χ0v) is 5.84. The fraction of sp³-hybridized carbons (Fsp3) is 0.500. The van der Waals surface area contributed by atoms with Crippen molar-refractivity contribution in [3.63, 3.8) is 0 Å². The van der Waals surface area contributed by atoms with Crippen LogP contribution in [0.2, 0.25) is 0 Å². The Kier molecular flexibility index (Phi) is 1.47. The topological polar surface area (TPSA) is 25.2 Å². The Hall–Kier alpha value is -0.760. The lowest BCUT2D eigenvalue weighted by Gasteiger charge is -2.01. The summed E-state index contributed by atoms with van der Waals surface area (Å²) < 4.78 is 5.28. The molecule has 0 aliphatic carbocycles. The predicted molar refractivity (Wildman–Crippen MR) is 38.9 cm³/mol. The first-order valence-electron chi connectivity index (χ1n) is 3.71. The van der Waals surface area contributed by atoms with E-state index in [0.29, 0.717) is 5.92 Å². The lowest BCUT2D eigenvalue weighted by Crippen LogP contribution is -2.07. The van der Waals surface area contributed by atoms with Crippen LogP contribution in [0.3, 0.4) is 0 Å². The summed E-state index contributed by atoms with van der Waals surface area (Å²) in [6, 6.07) is 4.01. The maximum Gasteiger partial charge on any atom is 0.108 e. The van der Waals surface area contributed by atoms with E-state index in [1.807, 2.05) is 6.07 Å². The summed E-state index contributed by atoms with van der Waals surface area (Å²) in [5, 5.41) is 3.30. The molecule has 2 nitrogen and oxygen atoms in total. The highest BCUT2D eigenvalue weighted by atomic mass is 16.3. The Morgan fingerprint density at radius 3 is 3.20 bits per heavy atom. The van der Waals surface area contributed by atoms with Crippen molar-refractivity contribution in [1.82, 2.24) is 5.32 Å². The normalized spacial score (nSPS) is 25.4. The highest BCUT2D eigenvalue weighted by molar-refractivity contribution is 5.07. The van der Waals surface area contributed by atoms with Gasteiger partial charge in [0.15, 0.2) is 0 Å². The van der Waals surface area contributed by atoms with Gasteiger partial charge in [0.1, 0.15) is 5.76 Å². The predicted octanol–water partition coefficient (Wildman–Crippen LogP) is 1.36. The van der Waals surface area contributed by atoms with E-state index in [4.69, 9.17) is 4.42 Å². The number of hydrogen-bond donors (Lipinski definition) is 1. The van der Waals surface area contributed by atoms with Crippen LogP contribution in [0, 0.1) is 0 Å².